The monoisotopic (exact) mass is 197 g/mol. The highest BCUT2D eigenvalue weighted by molar-refractivity contribution is 5.43. The summed E-state index contributed by atoms with van der Waals surface area (Å²) >= 11 is 0. The maximum absolute atomic E-state index is 10.2. The number of phenols is 1. The Morgan fingerprint density at radius 1 is 1.43 bits per heavy atom. The van der Waals surface area contributed by atoms with Crippen molar-refractivity contribution in [2.24, 2.45) is 0 Å². The predicted molar refractivity (Wildman–Crippen MR) is 55.5 cm³/mol. The van der Waals surface area contributed by atoms with E-state index < -0.39 is 4.92 Å². The third-order valence-corrected chi connectivity index (χ3v) is 1.66. The summed E-state index contributed by atoms with van der Waals surface area (Å²) in [4.78, 5) is 9.72. The van der Waals surface area contributed by atoms with Gasteiger partial charge in [0.15, 0.2) is 0 Å². The minimum absolute atomic E-state index is 0.00769. The topological polar surface area (TPSA) is 63.4 Å². The van der Waals surface area contributed by atoms with Crippen molar-refractivity contribution in [3.05, 3.63) is 33.9 Å². The van der Waals surface area contributed by atoms with Gasteiger partial charge in [-0.15, -0.1) is 0 Å². The van der Waals surface area contributed by atoms with Gasteiger partial charge in [-0.2, -0.15) is 0 Å². The Bertz CT molecular complexity index is 310. The van der Waals surface area contributed by atoms with E-state index in [1.54, 1.807) is 6.07 Å². The van der Waals surface area contributed by atoms with Crippen molar-refractivity contribution in [3.63, 3.8) is 0 Å². The molecule has 0 aliphatic heterocycles. The van der Waals surface area contributed by atoms with Crippen molar-refractivity contribution < 1.29 is 10.0 Å². The van der Waals surface area contributed by atoms with Crippen molar-refractivity contribution in [1.82, 2.24) is 0 Å². The fourth-order valence-electron chi connectivity index (χ4n) is 0.965. The SMILES string of the molecule is CC.CCc1ccc([N+](=O)[O-])cc1O. The number of aromatic hydroxyl groups is 1. The van der Waals surface area contributed by atoms with Gasteiger partial charge in [0.2, 0.25) is 0 Å². The van der Waals surface area contributed by atoms with Crippen molar-refractivity contribution in [2.75, 3.05) is 0 Å². The standard InChI is InChI=1S/C8H9NO3.C2H6/c1-2-6-3-4-7(9(11)12)5-8(6)10;1-2/h3-5,10H,2H2,1H3;1-2H3. The highest BCUT2D eigenvalue weighted by Gasteiger charge is 2.07. The van der Waals surface area contributed by atoms with Crippen molar-refractivity contribution in [2.45, 2.75) is 27.2 Å². The summed E-state index contributed by atoms with van der Waals surface area (Å²) in [5.41, 5.74) is 0.644. The Hall–Kier alpha value is -1.58. The fourth-order valence-corrected chi connectivity index (χ4v) is 0.965. The molecule has 0 radical (unpaired) electrons. The van der Waals surface area contributed by atoms with Gasteiger partial charge in [-0.1, -0.05) is 20.8 Å². The Kier molecular flexibility index (Phi) is 5.29. The summed E-state index contributed by atoms with van der Waals surface area (Å²) in [6.45, 7) is 5.88. The molecule has 0 aromatic heterocycles. The van der Waals surface area contributed by atoms with Crippen LogP contribution in [0.1, 0.15) is 26.3 Å². The maximum atomic E-state index is 10.2. The summed E-state index contributed by atoms with van der Waals surface area (Å²) in [7, 11) is 0. The average Bonchev–Trinajstić information content (AvgIpc) is 2.20. The summed E-state index contributed by atoms with van der Waals surface area (Å²) in [6, 6.07) is 4.12. The number of nitro benzene ring substituents is 1. The molecule has 1 rings (SSSR count). The Morgan fingerprint density at radius 3 is 2.36 bits per heavy atom. The van der Waals surface area contributed by atoms with E-state index in [0.717, 1.165) is 5.56 Å². The Balaban J connectivity index is 0.000000791. The van der Waals surface area contributed by atoms with E-state index in [-0.39, 0.29) is 11.4 Å². The molecule has 0 atom stereocenters. The van der Waals surface area contributed by atoms with Crippen LogP contribution in [0.15, 0.2) is 18.2 Å². The van der Waals surface area contributed by atoms with Crippen LogP contribution in [-0.2, 0) is 6.42 Å². The largest absolute Gasteiger partial charge is 0.507 e. The van der Waals surface area contributed by atoms with Gasteiger partial charge in [0, 0.05) is 6.07 Å². The van der Waals surface area contributed by atoms with Gasteiger partial charge >= 0.3 is 0 Å². The predicted octanol–water partition coefficient (Wildman–Crippen LogP) is 2.89. The number of non-ortho nitro benzene ring substituents is 1. The van der Waals surface area contributed by atoms with Gasteiger partial charge in [0.05, 0.1) is 11.0 Å². The first-order chi connectivity index (χ1) is 6.65. The summed E-state index contributed by atoms with van der Waals surface area (Å²) in [5.74, 6) is -0.00769. The third kappa shape index (κ3) is 3.05. The van der Waals surface area contributed by atoms with E-state index in [0.29, 0.717) is 6.42 Å². The van der Waals surface area contributed by atoms with E-state index in [9.17, 15) is 15.2 Å². The molecule has 0 saturated carbocycles. The highest BCUT2D eigenvalue weighted by Crippen LogP contribution is 2.23. The van der Waals surface area contributed by atoms with E-state index in [1.807, 2.05) is 20.8 Å². The lowest BCUT2D eigenvalue weighted by atomic mass is 10.1. The number of hydrogen-bond donors (Lipinski definition) is 1. The molecule has 78 valence electrons. The normalized spacial score (nSPS) is 8.79. The Labute approximate surface area is 83.3 Å². The number of nitro groups is 1. The third-order valence-electron chi connectivity index (χ3n) is 1.66. The van der Waals surface area contributed by atoms with Crippen molar-refractivity contribution in [3.8, 4) is 5.75 Å². The van der Waals surface area contributed by atoms with E-state index in [4.69, 9.17) is 0 Å². The quantitative estimate of drug-likeness (QED) is 0.585. The molecule has 0 aliphatic rings. The molecule has 1 N–H and O–H groups in total. The first kappa shape index (κ1) is 12.4. The van der Waals surface area contributed by atoms with Crippen LogP contribution >= 0.6 is 0 Å². The lowest BCUT2D eigenvalue weighted by Gasteiger charge is -1.99. The van der Waals surface area contributed by atoms with Crippen LogP contribution < -0.4 is 0 Å². The van der Waals surface area contributed by atoms with E-state index >= 15 is 0 Å². The molecule has 0 saturated heterocycles. The van der Waals surface area contributed by atoms with Gasteiger partial charge in [-0.3, -0.25) is 10.1 Å². The summed E-state index contributed by atoms with van der Waals surface area (Å²) in [6.07, 6.45) is 0.670. The highest BCUT2D eigenvalue weighted by atomic mass is 16.6. The van der Waals surface area contributed by atoms with E-state index in [2.05, 4.69) is 0 Å². The van der Waals surface area contributed by atoms with Crippen LogP contribution in [0.25, 0.3) is 0 Å². The van der Waals surface area contributed by atoms with Gasteiger partial charge in [-0.25, -0.2) is 0 Å². The van der Waals surface area contributed by atoms with Crippen molar-refractivity contribution in [1.29, 1.82) is 0 Å². The van der Waals surface area contributed by atoms with Crippen LogP contribution in [0.5, 0.6) is 5.75 Å². The van der Waals surface area contributed by atoms with Crippen LogP contribution in [0.4, 0.5) is 5.69 Å². The molecule has 14 heavy (non-hydrogen) atoms. The summed E-state index contributed by atoms with van der Waals surface area (Å²) < 4.78 is 0. The second-order valence-corrected chi connectivity index (χ2v) is 2.42. The fraction of sp³-hybridized carbons (Fsp3) is 0.400. The van der Waals surface area contributed by atoms with Crippen LogP contribution in [0, 0.1) is 10.1 Å². The number of benzene rings is 1. The molecule has 1 aromatic rings. The average molecular weight is 197 g/mol. The second kappa shape index (κ2) is 5.96. The first-order valence-electron chi connectivity index (χ1n) is 4.61. The number of hydrogen-bond acceptors (Lipinski definition) is 3. The maximum Gasteiger partial charge on any atom is 0.273 e. The molecule has 0 unspecified atom stereocenters. The summed E-state index contributed by atoms with van der Waals surface area (Å²) in [5, 5.41) is 19.5. The molecule has 0 amide bonds. The van der Waals surface area contributed by atoms with Crippen LogP contribution in [0.2, 0.25) is 0 Å². The zero-order chi connectivity index (χ0) is 11.1. The molecular weight excluding hydrogens is 182 g/mol. The number of phenolic OH excluding ortho intramolecular Hbond substituents is 1. The minimum Gasteiger partial charge on any atom is -0.507 e. The first-order valence-corrected chi connectivity index (χ1v) is 4.61. The number of rotatable bonds is 2. The minimum atomic E-state index is -0.529. The molecule has 0 aliphatic carbocycles. The smallest absolute Gasteiger partial charge is 0.273 e. The number of nitrogens with zero attached hydrogens (tertiary/aromatic N) is 1. The molecule has 4 heteroatoms. The molecule has 4 nitrogen and oxygen atoms in total. The Morgan fingerprint density at radius 2 is 2.00 bits per heavy atom. The molecular formula is C10H15NO3. The lowest BCUT2D eigenvalue weighted by molar-refractivity contribution is -0.384. The molecule has 0 fully saturated rings. The molecule has 0 bridgehead atoms. The van der Waals surface area contributed by atoms with Crippen molar-refractivity contribution >= 4 is 5.69 Å². The van der Waals surface area contributed by atoms with Gasteiger partial charge in [0.25, 0.3) is 5.69 Å². The molecule has 0 spiro atoms. The number of aryl methyl sites for hydroxylation is 1. The zero-order valence-electron chi connectivity index (χ0n) is 8.65. The van der Waals surface area contributed by atoms with Gasteiger partial charge in [0.1, 0.15) is 5.75 Å². The van der Waals surface area contributed by atoms with E-state index in [1.165, 1.54) is 12.1 Å². The van der Waals surface area contributed by atoms with Gasteiger partial charge < -0.3 is 5.11 Å². The van der Waals surface area contributed by atoms with Crippen LogP contribution in [0.3, 0.4) is 0 Å². The van der Waals surface area contributed by atoms with Gasteiger partial charge in [-0.05, 0) is 18.1 Å². The molecule has 0 heterocycles. The molecule has 1 aromatic carbocycles. The van der Waals surface area contributed by atoms with Crippen LogP contribution in [-0.4, -0.2) is 10.0 Å². The zero-order valence-corrected chi connectivity index (χ0v) is 8.65. The lowest BCUT2D eigenvalue weighted by Crippen LogP contribution is -1.89. The second-order valence-electron chi connectivity index (χ2n) is 2.42.